The second kappa shape index (κ2) is 16.4. The number of amides is 1. The molecule has 6 nitrogen and oxygen atoms in total. The van der Waals surface area contributed by atoms with Crippen molar-refractivity contribution in [1.29, 1.82) is 0 Å². The van der Waals surface area contributed by atoms with E-state index in [-0.39, 0.29) is 12.5 Å². The molecule has 1 aliphatic heterocycles. The first kappa shape index (κ1) is 33.9. The third-order valence-corrected chi connectivity index (χ3v) is 9.03. The Morgan fingerprint density at radius 1 is 0.837 bits per heavy atom. The Bertz CT molecular complexity index is 1860. The fourth-order valence-electron chi connectivity index (χ4n) is 5.86. The smallest absolute Gasteiger partial charge is 0.252 e. The van der Waals surface area contributed by atoms with E-state index in [1.807, 2.05) is 109 Å². The highest BCUT2D eigenvalue weighted by atomic mass is 79.9. The van der Waals surface area contributed by atoms with Crippen LogP contribution in [0.4, 0.5) is 0 Å². The predicted molar refractivity (Wildman–Crippen MR) is 200 cm³/mol. The molecule has 0 bridgehead atoms. The van der Waals surface area contributed by atoms with Crippen LogP contribution in [0.5, 0.6) is 5.75 Å². The lowest BCUT2D eigenvalue weighted by atomic mass is 9.83. The lowest BCUT2D eigenvalue weighted by molar-refractivity contribution is -0.128. The second-order valence-corrected chi connectivity index (χ2v) is 12.8. The Morgan fingerprint density at radius 2 is 1.49 bits per heavy atom. The Hall–Kier alpha value is -4.98. The summed E-state index contributed by atoms with van der Waals surface area (Å²) in [5.41, 5.74) is 4.69. The van der Waals surface area contributed by atoms with Gasteiger partial charge in [-0.3, -0.25) is 4.79 Å². The molecule has 0 fully saturated rings. The quantitative estimate of drug-likeness (QED) is 0.113. The van der Waals surface area contributed by atoms with E-state index in [1.54, 1.807) is 0 Å². The summed E-state index contributed by atoms with van der Waals surface area (Å²) in [6, 6.07) is 44.1. The van der Waals surface area contributed by atoms with Crippen LogP contribution in [0, 0.1) is 0 Å². The summed E-state index contributed by atoms with van der Waals surface area (Å²) in [5, 5.41) is 12.3. The molecular formula is C42H39BrN2O4. The van der Waals surface area contributed by atoms with E-state index in [0.29, 0.717) is 44.1 Å². The van der Waals surface area contributed by atoms with Crippen LogP contribution in [-0.4, -0.2) is 42.2 Å². The normalized spacial score (nSPS) is 17.0. The number of aliphatic hydroxyl groups excluding tert-OH is 1. The van der Waals surface area contributed by atoms with Crippen LogP contribution in [0.2, 0.25) is 0 Å². The van der Waals surface area contributed by atoms with Gasteiger partial charge in [0.2, 0.25) is 5.90 Å². The molecule has 49 heavy (non-hydrogen) atoms. The first-order chi connectivity index (χ1) is 24.0. The number of halogens is 1. The summed E-state index contributed by atoms with van der Waals surface area (Å²) in [6.45, 7) is 0.948. The molecule has 6 rings (SSSR count). The molecule has 1 amide bonds. The molecule has 1 aliphatic rings. The van der Waals surface area contributed by atoms with Gasteiger partial charge in [0.25, 0.3) is 5.91 Å². The van der Waals surface area contributed by atoms with Gasteiger partial charge in [0.15, 0.2) is 11.6 Å². The SMILES string of the molecule is O=C(NCCc1ccc(Br)cc1)[C@]1(C/C=C/c2ccccc2)N=C(c2ccc(OCCCO)cc2)O[C@@H]1c1ccc(-c2ccccc2)cc1. The standard InChI is InChI=1S/C42H39BrN2O4/c43-37-22-14-32(15-23-37)26-28-44-41(47)42(27-7-11-31-9-3-1-4-10-31)39(35-18-16-34(17-19-35)33-12-5-2-6-13-33)49-40(45-42)36-20-24-38(25-21-36)48-30-8-29-46/h1-7,9-25,39,46H,8,26-30H2,(H,44,47)/b11-7+/t39-,42-/m1/s1. The minimum atomic E-state index is -1.27. The maximum absolute atomic E-state index is 14.5. The van der Waals surface area contributed by atoms with Gasteiger partial charge in [-0.05, 0) is 70.6 Å². The maximum atomic E-state index is 14.5. The van der Waals surface area contributed by atoms with Crippen LogP contribution in [0.3, 0.4) is 0 Å². The van der Waals surface area contributed by atoms with Crippen LogP contribution in [0.1, 0.15) is 41.2 Å². The minimum Gasteiger partial charge on any atom is -0.494 e. The van der Waals surface area contributed by atoms with Gasteiger partial charge in [-0.2, -0.15) is 0 Å². The molecule has 0 unspecified atom stereocenters. The molecule has 0 saturated heterocycles. The van der Waals surface area contributed by atoms with Crippen molar-refractivity contribution in [1.82, 2.24) is 5.32 Å². The van der Waals surface area contributed by atoms with E-state index in [0.717, 1.165) is 37.9 Å². The third kappa shape index (κ3) is 8.55. The van der Waals surface area contributed by atoms with Crippen molar-refractivity contribution in [3.63, 3.8) is 0 Å². The summed E-state index contributed by atoms with van der Waals surface area (Å²) in [7, 11) is 0. The highest BCUT2D eigenvalue weighted by Gasteiger charge is 2.52. The number of carbonyl (C=O) groups is 1. The number of ether oxygens (including phenoxy) is 2. The zero-order valence-electron chi connectivity index (χ0n) is 27.2. The van der Waals surface area contributed by atoms with Gasteiger partial charge < -0.3 is 19.9 Å². The Kier molecular flexibility index (Phi) is 11.4. The Labute approximate surface area is 296 Å². The van der Waals surface area contributed by atoms with Crippen molar-refractivity contribution in [2.24, 2.45) is 4.99 Å². The van der Waals surface area contributed by atoms with Crippen LogP contribution in [0.15, 0.2) is 149 Å². The minimum absolute atomic E-state index is 0.0719. The Morgan fingerprint density at radius 3 is 2.18 bits per heavy atom. The summed E-state index contributed by atoms with van der Waals surface area (Å²) < 4.78 is 13.5. The Balaban J connectivity index is 1.35. The van der Waals surface area contributed by atoms with Crippen LogP contribution >= 0.6 is 15.9 Å². The van der Waals surface area contributed by atoms with E-state index in [4.69, 9.17) is 19.6 Å². The predicted octanol–water partition coefficient (Wildman–Crippen LogP) is 8.60. The molecule has 2 atom stereocenters. The topological polar surface area (TPSA) is 80.2 Å². The van der Waals surface area contributed by atoms with E-state index < -0.39 is 11.6 Å². The molecule has 0 aliphatic carbocycles. The summed E-state index contributed by atoms with van der Waals surface area (Å²) >= 11 is 3.50. The molecule has 248 valence electrons. The van der Waals surface area contributed by atoms with Crippen molar-refractivity contribution >= 4 is 33.8 Å². The average Bonchev–Trinajstić information content (AvgIpc) is 3.54. The maximum Gasteiger partial charge on any atom is 0.252 e. The molecule has 1 heterocycles. The fourth-order valence-corrected chi connectivity index (χ4v) is 6.12. The lowest BCUT2D eigenvalue weighted by Crippen LogP contribution is -2.48. The van der Waals surface area contributed by atoms with Crippen molar-refractivity contribution in [3.05, 3.63) is 166 Å². The van der Waals surface area contributed by atoms with E-state index in [9.17, 15) is 4.79 Å². The monoisotopic (exact) mass is 714 g/mol. The molecule has 0 saturated carbocycles. The van der Waals surface area contributed by atoms with Crippen molar-refractivity contribution in [3.8, 4) is 16.9 Å². The van der Waals surface area contributed by atoms with Gasteiger partial charge >= 0.3 is 0 Å². The molecule has 0 aromatic heterocycles. The summed E-state index contributed by atoms with van der Waals surface area (Å²) in [5.74, 6) is 0.889. The number of benzene rings is 5. The average molecular weight is 716 g/mol. The number of carbonyl (C=O) groups excluding carboxylic acids is 1. The van der Waals surface area contributed by atoms with Crippen molar-refractivity contribution in [2.75, 3.05) is 19.8 Å². The number of aliphatic imine (C=N–C) groups is 1. The zero-order chi connectivity index (χ0) is 33.9. The van der Waals surface area contributed by atoms with Crippen LogP contribution in [0.25, 0.3) is 17.2 Å². The van der Waals surface area contributed by atoms with Gasteiger partial charge in [0.05, 0.1) is 6.61 Å². The number of rotatable bonds is 14. The molecule has 2 N–H and O–H groups in total. The van der Waals surface area contributed by atoms with Crippen LogP contribution in [-0.2, 0) is 16.0 Å². The van der Waals surface area contributed by atoms with Crippen molar-refractivity contribution < 1.29 is 19.4 Å². The van der Waals surface area contributed by atoms with Crippen LogP contribution < -0.4 is 10.1 Å². The third-order valence-electron chi connectivity index (χ3n) is 8.50. The zero-order valence-corrected chi connectivity index (χ0v) is 28.8. The lowest BCUT2D eigenvalue weighted by Gasteiger charge is -2.30. The molecule has 0 radical (unpaired) electrons. The van der Waals surface area contributed by atoms with Gasteiger partial charge in [-0.25, -0.2) is 4.99 Å². The number of nitrogens with one attached hydrogen (secondary N) is 1. The van der Waals surface area contributed by atoms with E-state index in [2.05, 4.69) is 57.6 Å². The number of hydrogen-bond acceptors (Lipinski definition) is 5. The summed E-state index contributed by atoms with van der Waals surface area (Å²) in [4.78, 5) is 19.7. The van der Waals surface area contributed by atoms with Gasteiger partial charge in [0.1, 0.15) is 5.75 Å². The van der Waals surface area contributed by atoms with E-state index in [1.165, 1.54) is 0 Å². The highest BCUT2D eigenvalue weighted by Crippen LogP contribution is 2.43. The van der Waals surface area contributed by atoms with Crippen molar-refractivity contribution in [2.45, 2.75) is 30.9 Å². The number of aliphatic hydroxyl groups is 1. The summed E-state index contributed by atoms with van der Waals surface area (Å²) in [6.07, 6.45) is 4.92. The molecule has 5 aromatic carbocycles. The fraction of sp³-hybridized carbons (Fsp3) is 0.190. The van der Waals surface area contributed by atoms with Gasteiger partial charge in [-0.15, -0.1) is 0 Å². The van der Waals surface area contributed by atoms with Gasteiger partial charge in [-0.1, -0.05) is 125 Å². The highest BCUT2D eigenvalue weighted by molar-refractivity contribution is 9.10. The van der Waals surface area contributed by atoms with E-state index >= 15 is 0 Å². The molecular weight excluding hydrogens is 676 g/mol. The first-order valence-corrected chi connectivity index (χ1v) is 17.3. The van der Waals surface area contributed by atoms with Gasteiger partial charge in [0, 0.05) is 36.0 Å². The largest absolute Gasteiger partial charge is 0.494 e. The number of nitrogens with zero attached hydrogens (tertiary/aromatic N) is 1. The molecule has 5 aromatic rings. The molecule has 7 heteroatoms. The second-order valence-electron chi connectivity index (χ2n) is 11.9. The first-order valence-electron chi connectivity index (χ1n) is 16.5. The molecule has 0 spiro atoms. The number of hydrogen-bond donors (Lipinski definition) is 2.